The highest BCUT2D eigenvalue weighted by Gasteiger charge is 2.29. The molecule has 1 saturated heterocycles. The van der Waals surface area contributed by atoms with E-state index in [0.29, 0.717) is 6.04 Å². The summed E-state index contributed by atoms with van der Waals surface area (Å²) in [6, 6.07) is 11.3. The lowest BCUT2D eigenvalue weighted by atomic mass is 10.1. The van der Waals surface area contributed by atoms with E-state index in [2.05, 4.69) is 54.2 Å². The van der Waals surface area contributed by atoms with Crippen molar-refractivity contribution in [3.8, 4) is 0 Å². The lowest BCUT2D eigenvalue weighted by Gasteiger charge is -2.22. The molecule has 3 rings (SSSR count). The predicted octanol–water partition coefficient (Wildman–Crippen LogP) is 3.88. The average Bonchev–Trinajstić information content (AvgIpc) is 3.09. The Morgan fingerprint density at radius 3 is 2.80 bits per heavy atom. The number of aromatic nitrogens is 1. The number of benzene rings is 1. The van der Waals surface area contributed by atoms with Crippen LogP contribution < -0.4 is 0 Å². The van der Waals surface area contributed by atoms with Gasteiger partial charge in [-0.15, -0.1) is 0 Å². The molecule has 1 aliphatic heterocycles. The van der Waals surface area contributed by atoms with Crippen molar-refractivity contribution in [2.45, 2.75) is 45.7 Å². The van der Waals surface area contributed by atoms with E-state index in [-0.39, 0.29) is 0 Å². The summed E-state index contributed by atoms with van der Waals surface area (Å²) in [5, 5.41) is 4.13. The highest BCUT2D eigenvalue weighted by molar-refractivity contribution is 5.22. The van der Waals surface area contributed by atoms with Crippen LogP contribution in [0.1, 0.15) is 48.4 Å². The molecule has 0 N–H and O–H groups in total. The monoisotopic (exact) mass is 270 g/mol. The second-order valence-corrected chi connectivity index (χ2v) is 5.69. The van der Waals surface area contributed by atoms with Gasteiger partial charge in [0.1, 0.15) is 0 Å². The van der Waals surface area contributed by atoms with E-state index in [9.17, 15) is 0 Å². The zero-order valence-corrected chi connectivity index (χ0v) is 12.3. The number of hydrogen-bond acceptors (Lipinski definition) is 3. The molecule has 2 heterocycles. The van der Waals surface area contributed by atoms with Crippen molar-refractivity contribution in [2.24, 2.45) is 0 Å². The smallest absolute Gasteiger partial charge is 0.154 e. The molecule has 0 bridgehead atoms. The van der Waals surface area contributed by atoms with Crippen molar-refractivity contribution >= 4 is 0 Å². The maximum absolute atomic E-state index is 5.53. The summed E-state index contributed by atoms with van der Waals surface area (Å²) >= 11 is 0. The molecular weight excluding hydrogens is 248 g/mol. The predicted molar refractivity (Wildman–Crippen MR) is 79.4 cm³/mol. The van der Waals surface area contributed by atoms with E-state index in [1.54, 1.807) is 0 Å². The van der Waals surface area contributed by atoms with Crippen LogP contribution in [0.2, 0.25) is 0 Å². The first-order chi connectivity index (χ1) is 9.76. The van der Waals surface area contributed by atoms with Crippen LogP contribution in [0.3, 0.4) is 0 Å². The summed E-state index contributed by atoms with van der Waals surface area (Å²) in [7, 11) is 0. The molecule has 3 nitrogen and oxygen atoms in total. The molecule has 1 aromatic heterocycles. The normalized spacial score (nSPS) is 19.6. The average molecular weight is 270 g/mol. The third-order valence-corrected chi connectivity index (χ3v) is 4.14. The third kappa shape index (κ3) is 2.78. The Morgan fingerprint density at radius 2 is 2.10 bits per heavy atom. The quantitative estimate of drug-likeness (QED) is 0.844. The lowest BCUT2D eigenvalue weighted by molar-refractivity contribution is 0.206. The molecule has 0 amide bonds. The van der Waals surface area contributed by atoms with Crippen molar-refractivity contribution in [2.75, 3.05) is 6.54 Å². The number of aryl methyl sites for hydroxylation is 2. The third-order valence-electron chi connectivity index (χ3n) is 4.14. The fourth-order valence-corrected chi connectivity index (χ4v) is 2.92. The molecule has 0 spiro atoms. The van der Waals surface area contributed by atoms with Crippen molar-refractivity contribution in [1.82, 2.24) is 10.1 Å². The maximum atomic E-state index is 5.53. The van der Waals surface area contributed by atoms with E-state index < -0.39 is 0 Å². The van der Waals surface area contributed by atoms with Crippen LogP contribution in [0, 0.1) is 6.92 Å². The highest BCUT2D eigenvalue weighted by Crippen LogP contribution is 2.33. The second kappa shape index (κ2) is 5.80. The summed E-state index contributed by atoms with van der Waals surface area (Å²) in [4.78, 5) is 2.50. The largest absolute Gasteiger partial charge is 0.359 e. The zero-order chi connectivity index (χ0) is 13.9. The zero-order valence-electron chi connectivity index (χ0n) is 12.3. The van der Waals surface area contributed by atoms with Crippen LogP contribution in [0.4, 0.5) is 0 Å². The van der Waals surface area contributed by atoms with Crippen LogP contribution in [0.25, 0.3) is 0 Å². The molecule has 1 fully saturated rings. The summed E-state index contributed by atoms with van der Waals surface area (Å²) in [6.45, 7) is 6.37. The SMILES string of the molecule is CCc1cc(C2CCCN2Cc2ccc(C)cc2)on1. The summed E-state index contributed by atoms with van der Waals surface area (Å²) in [5.41, 5.74) is 3.74. The van der Waals surface area contributed by atoms with Gasteiger partial charge in [0.15, 0.2) is 5.76 Å². The van der Waals surface area contributed by atoms with Gasteiger partial charge in [0.2, 0.25) is 0 Å². The van der Waals surface area contributed by atoms with E-state index in [1.807, 2.05) is 0 Å². The summed E-state index contributed by atoms with van der Waals surface area (Å²) in [5.74, 6) is 1.03. The van der Waals surface area contributed by atoms with Gasteiger partial charge < -0.3 is 4.52 Å². The van der Waals surface area contributed by atoms with Gasteiger partial charge in [-0.3, -0.25) is 4.90 Å². The molecule has 106 valence electrons. The molecule has 3 heteroatoms. The number of likely N-dealkylation sites (tertiary alicyclic amines) is 1. The number of nitrogens with zero attached hydrogens (tertiary/aromatic N) is 2. The van der Waals surface area contributed by atoms with Gasteiger partial charge >= 0.3 is 0 Å². The van der Waals surface area contributed by atoms with Gasteiger partial charge in [0.25, 0.3) is 0 Å². The molecule has 1 aliphatic rings. The van der Waals surface area contributed by atoms with Crippen molar-refractivity contribution in [3.05, 3.63) is 52.9 Å². The van der Waals surface area contributed by atoms with Crippen molar-refractivity contribution in [1.29, 1.82) is 0 Å². The Bertz CT molecular complexity index is 559. The maximum Gasteiger partial charge on any atom is 0.154 e. The van der Waals surface area contributed by atoms with Gasteiger partial charge in [-0.1, -0.05) is 41.9 Å². The molecule has 0 saturated carbocycles. The molecule has 1 aromatic carbocycles. The van der Waals surface area contributed by atoms with Gasteiger partial charge in [-0.05, 0) is 38.3 Å². The van der Waals surface area contributed by atoms with E-state index >= 15 is 0 Å². The Labute approximate surface area is 120 Å². The number of rotatable bonds is 4. The molecule has 0 aliphatic carbocycles. The van der Waals surface area contributed by atoms with Crippen LogP contribution in [0.15, 0.2) is 34.9 Å². The van der Waals surface area contributed by atoms with Crippen molar-refractivity contribution in [3.63, 3.8) is 0 Å². The standard InChI is InChI=1S/C17H22N2O/c1-3-15-11-17(20-18-15)16-5-4-10-19(16)12-14-8-6-13(2)7-9-14/h6-9,11,16H,3-5,10,12H2,1-2H3. The van der Waals surface area contributed by atoms with Crippen LogP contribution >= 0.6 is 0 Å². The fourth-order valence-electron chi connectivity index (χ4n) is 2.92. The second-order valence-electron chi connectivity index (χ2n) is 5.69. The lowest BCUT2D eigenvalue weighted by Crippen LogP contribution is -2.22. The molecule has 1 unspecified atom stereocenters. The molecule has 20 heavy (non-hydrogen) atoms. The number of hydrogen-bond donors (Lipinski definition) is 0. The van der Waals surface area contributed by atoms with Gasteiger partial charge in [0.05, 0.1) is 11.7 Å². The molecular formula is C17H22N2O. The van der Waals surface area contributed by atoms with Gasteiger partial charge in [-0.25, -0.2) is 0 Å². The molecule has 2 aromatic rings. The van der Waals surface area contributed by atoms with Crippen molar-refractivity contribution < 1.29 is 4.52 Å². The van der Waals surface area contributed by atoms with E-state index in [0.717, 1.165) is 31.0 Å². The van der Waals surface area contributed by atoms with Crippen LogP contribution in [0.5, 0.6) is 0 Å². The molecule has 1 atom stereocenters. The van der Waals surface area contributed by atoms with Gasteiger partial charge in [-0.2, -0.15) is 0 Å². The minimum Gasteiger partial charge on any atom is -0.359 e. The Kier molecular flexibility index (Phi) is 3.88. The first kappa shape index (κ1) is 13.4. The van der Waals surface area contributed by atoms with Crippen LogP contribution in [-0.2, 0) is 13.0 Å². The minimum absolute atomic E-state index is 0.393. The molecule has 0 radical (unpaired) electrons. The van der Waals surface area contributed by atoms with Crippen LogP contribution in [-0.4, -0.2) is 16.6 Å². The Balaban J connectivity index is 1.73. The fraction of sp³-hybridized carbons (Fsp3) is 0.471. The Morgan fingerprint density at radius 1 is 1.30 bits per heavy atom. The topological polar surface area (TPSA) is 29.3 Å². The Hall–Kier alpha value is -1.61. The summed E-state index contributed by atoms with van der Waals surface area (Å²) < 4.78 is 5.53. The summed E-state index contributed by atoms with van der Waals surface area (Å²) in [6.07, 6.45) is 3.34. The highest BCUT2D eigenvalue weighted by atomic mass is 16.5. The first-order valence-electron chi connectivity index (χ1n) is 7.51. The van der Waals surface area contributed by atoms with Gasteiger partial charge in [0, 0.05) is 12.6 Å². The first-order valence-corrected chi connectivity index (χ1v) is 7.51. The van der Waals surface area contributed by atoms with E-state index in [1.165, 1.54) is 24.0 Å². The minimum atomic E-state index is 0.393. The van der Waals surface area contributed by atoms with E-state index in [4.69, 9.17) is 4.52 Å².